The van der Waals surface area contributed by atoms with E-state index in [4.69, 9.17) is 11.6 Å². The van der Waals surface area contributed by atoms with Crippen molar-refractivity contribution in [2.45, 2.75) is 10.1 Å². The van der Waals surface area contributed by atoms with Crippen molar-refractivity contribution in [2.24, 2.45) is 0 Å². The molecular weight excluding hydrogens is 266 g/mol. The van der Waals surface area contributed by atoms with E-state index in [0.717, 1.165) is 16.1 Å². The number of anilines is 1. The first-order valence-electron chi connectivity index (χ1n) is 5.56. The molecule has 0 radical (unpaired) electrons. The summed E-state index contributed by atoms with van der Waals surface area (Å²) >= 11 is 7.43. The molecule has 4 heteroatoms. The molecular formula is C14H10ClNOS. The third-order valence-corrected chi connectivity index (χ3v) is 4.38. The van der Waals surface area contributed by atoms with Crippen LogP contribution in [0.3, 0.4) is 0 Å². The molecule has 0 bridgehead atoms. The number of carbonyl (C=O) groups excluding carboxylic acids is 1. The molecule has 2 nitrogen and oxygen atoms in total. The molecule has 90 valence electrons. The summed E-state index contributed by atoms with van der Waals surface area (Å²) in [5, 5.41) is 3.40. The van der Waals surface area contributed by atoms with Crippen LogP contribution < -0.4 is 5.32 Å². The summed E-state index contributed by atoms with van der Waals surface area (Å²) in [4.78, 5) is 13.2. The van der Waals surface area contributed by atoms with Crippen LogP contribution in [0.25, 0.3) is 0 Å². The van der Waals surface area contributed by atoms with Crippen LogP contribution in [0.4, 0.5) is 5.69 Å². The van der Waals surface area contributed by atoms with Gasteiger partial charge in [-0.05, 0) is 29.8 Å². The van der Waals surface area contributed by atoms with E-state index in [1.807, 2.05) is 48.5 Å². The van der Waals surface area contributed by atoms with Crippen molar-refractivity contribution < 1.29 is 4.79 Å². The van der Waals surface area contributed by atoms with Crippen LogP contribution in [0.5, 0.6) is 0 Å². The lowest BCUT2D eigenvalue weighted by atomic mass is 10.1. The second kappa shape index (κ2) is 4.67. The van der Waals surface area contributed by atoms with E-state index in [1.54, 1.807) is 11.8 Å². The minimum absolute atomic E-state index is 0.0148. The first-order chi connectivity index (χ1) is 8.74. The van der Waals surface area contributed by atoms with Crippen molar-refractivity contribution in [3.8, 4) is 0 Å². The highest BCUT2D eigenvalue weighted by Crippen LogP contribution is 2.43. The number of para-hydroxylation sites is 1. The van der Waals surface area contributed by atoms with Crippen LogP contribution in [-0.4, -0.2) is 5.91 Å². The van der Waals surface area contributed by atoms with Gasteiger partial charge in [0.25, 0.3) is 0 Å². The number of amides is 1. The first kappa shape index (κ1) is 11.6. The molecule has 18 heavy (non-hydrogen) atoms. The fourth-order valence-corrected chi connectivity index (χ4v) is 3.15. The largest absolute Gasteiger partial charge is 0.324 e. The number of thioether (sulfide) groups is 1. The summed E-state index contributed by atoms with van der Waals surface area (Å²) in [6.45, 7) is 0. The lowest BCUT2D eigenvalue weighted by Crippen LogP contribution is -2.22. The molecule has 2 aromatic carbocycles. The average Bonchev–Trinajstić information content (AvgIpc) is 2.39. The van der Waals surface area contributed by atoms with Gasteiger partial charge in [0.2, 0.25) is 5.91 Å². The van der Waals surface area contributed by atoms with Gasteiger partial charge >= 0.3 is 0 Å². The summed E-state index contributed by atoms with van der Waals surface area (Å²) in [7, 11) is 0. The standard InChI is InChI=1S/C14H10ClNOS/c15-10-7-5-9(6-8-10)13-14(17)16-11-3-1-2-4-12(11)18-13/h1-8,13H,(H,16,17)/t13-/m0/s1. The molecule has 1 atom stereocenters. The molecule has 0 spiro atoms. The molecule has 3 rings (SSSR count). The Balaban J connectivity index is 1.95. The molecule has 0 aliphatic carbocycles. The zero-order valence-electron chi connectivity index (χ0n) is 9.39. The van der Waals surface area contributed by atoms with Gasteiger partial charge in [0.05, 0.1) is 5.69 Å². The van der Waals surface area contributed by atoms with Crippen LogP contribution in [0.15, 0.2) is 53.4 Å². The number of halogens is 1. The quantitative estimate of drug-likeness (QED) is 0.848. The van der Waals surface area contributed by atoms with Crippen LogP contribution >= 0.6 is 23.4 Å². The minimum Gasteiger partial charge on any atom is -0.324 e. The summed E-state index contributed by atoms with van der Waals surface area (Å²) in [5.41, 5.74) is 1.86. The van der Waals surface area contributed by atoms with Gasteiger partial charge in [-0.2, -0.15) is 0 Å². The van der Waals surface area contributed by atoms with E-state index in [1.165, 1.54) is 0 Å². The lowest BCUT2D eigenvalue weighted by Gasteiger charge is -2.24. The topological polar surface area (TPSA) is 29.1 Å². The van der Waals surface area contributed by atoms with Crippen molar-refractivity contribution in [3.05, 3.63) is 59.1 Å². The molecule has 1 heterocycles. The summed E-state index contributed by atoms with van der Waals surface area (Å²) in [6.07, 6.45) is 0. The Labute approximate surface area is 114 Å². The Hall–Kier alpha value is -1.45. The second-order valence-electron chi connectivity index (χ2n) is 4.03. The zero-order chi connectivity index (χ0) is 12.5. The number of hydrogen-bond donors (Lipinski definition) is 1. The SMILES string of the molecule is O=C1Nc2ccccc2S[C@H]1c1ccc(Cl)cc1. The van der Waals surface area contributed by atoms with Gasteiger partial charge in [-0.3, -0.25) is 4.79 Å². The fraction of sp³-hybridized carbons (Fsp3) is 0.0714. The number of benzene rings is 2. The van der Waals surface area contributed by atoms with Crippen molar-refractivity contribution in [1.29, 1.82) is 0 Å². The number of fused-ring (bicyclic) bond motifs is 1. The Bertz CT molecular complexity index is 597. The monoisotopic (exact) mass is 275 g/mol. The second-order valence-corrected chi connectivity index (χ2v) is 5.62. The van der Waals surface area contributed by atoms with Gasteiger partial charge in [-0.1, -0.05) is 35.9 Å². The van der Waals surface area contributed by atoms with Gasteiger partial charge in [0, 0.05) is 9.92 Å². The van der Waals surface area contributed by atoms with Crippen LogP contribution in [-0.2, 0) is 4.79 Å². The molecule has 1 aliphatic heterocycles. The van der Waals surface area contributed by atoms with E-state index in [0.29, 0.717) is 5.02 Å². The van der Waals surface area contributed by atoms with E-state index in [9.17, 15) is 4.79 Å². The predicted molar refractivity (Wildman–Crippen MR) is 75.1 cm³/mol. The predicted octanol–water partition coefficient (Wildman–Crippen LogP) is 4.13. The Kier molecular flexibility index (Phi) is 3.02. The van der Waals surface area contributed by atoms with E-state index in [-0.39, 0.29) is 11.2 Å². The van der Waals surface area contributed by atoms with Crippen molar-refractivity contribution in [3.63, 3.8) is 0 Å². The van der Waals surface area contributed by atoms with Crippen molar-refractivity contribution in [1.82, 2.24) is 0 Å². The molecule has 0 fully saturated rings. The van der Waals surface area contributed by atoms with Crippen LogP contribution in [0.1, 0.15) is 10.8 Å². The Morgan fingerprint density at radius 2 is 1.78 bits per heavy atom. The Morgan fingerprint density at radius 3 is 2.56 bits per heavy atom. The smallest absolute Gasteiger partial charge is 0.242 e. The maximum Gasteiger partial charge on any atom is 0.242 e. The number of rotatable bonds is 1. The zero-order valence-corrected chi connectivity index (χ0v) is 11.0. The summed E-state index contributed by atoms with van der Waals surface area (Å²) < 4.78 is 0. The lowest BCUT2D eigenvalue weighted by molar-refractivity contribution is -0.115. The van der Waals surface area contributed by atoms with E-state index >= 15 is 0 Å². The molecule has 0 saturated heterocycles. The number of hydrogen-bond acceptors (Lipinski definition) is 2. The van der Waals surface area contributed by atoms with Crippen molar-refractivity contribution >= 4 is 35.0 Å². The third kappa shape index (κ3) is 2.11. The van der Waals surface area contributed by atoms with Crippen LogP contribution in [0, 0.1) is 0 Å². The molecule has 1 aliphatic rings. The van der Waals surface area contributed by atoms with E-state index in [2.05, 4.69) is 5.32 Å². The minimum atomic E-state index is -0.211. The number of nitrogens with one attached hydrogen (secondary N) is 1. The first-order valence-corrected chi connectivity index (χ1v) is 6.82. The average molecular weight is 276 g/mol. The van der Waals surface area contributed by atoms with Gasteiger partial charge in [0.1, 0.15) is 5.25 Å². The summed E-state index contributed by atoms with van der Waals surface area (Å²) in [6, 6.07) is 15.2. The van der Waals surface area contributed by atoms with Gasteiger partial charge in [-0.15, -0.1) is 11.8 Å². The normalized spacial score (nSPS) is 18.1. The highest BCUT2D eigenvalue weighted by atomic mass is 35.5. The van der Waals surface area contributed by atoms with E-state index < -0.39 is 0 Å². The highest BCUT2D eigenvalue weighted by Gasteiger charge is 2.27. The highest BCUT2D eigenvalue weighted by molar-refractivity contribution is 8.00. The molecule has 0 saturated carbocycles. The number of carbonyl (C=O) groups is 1. The molecule has 0 aromatic heterocycles. The molecule has 1 amide bonds. The van der Waals surface area contributed by atoms with Crippen molar-refractivity contribution in [2.75, 3.05) is 5.32 Å². The fourth-order valence-electron chi connectivity index (χ4n) is 1.91. The molecule has 0 unspecified atom stereocenters. The third-order valence-electron chi connectivity index (χ3n) is 2.80. The van der Waals surface area contributed by atoms with Gasteiger partial charge < -0.3 is 5.32 Å². The molecule has 1 N–H and O–H groups in total. The molecule has 2 aromatic rings. The van der Waals surface area contributed by atoms with Crippen LogP contribution in [0.2, 0.25) is 5.02 Å². The maximum absolute atomic E-state index is 12.1. The summed E-state index contributed by atoms with van der Waals surface area (Å²) in [5.74, 6) is 0.0148. The van der Waals surface area contributed by atoms with Gasteiger partial charge in [0.15, 0.2) is 0 Å². The maximum atomic E-state index is 12.1. The Morgan fingerprint density at radius 1 is 1.06 bits per heavy atom. The van der Waals surface area contributed by atoms with Gasteiger partial charge in [-0.25, -0.2) is 0 Å².